The van der Waals surface area contributed by atoms with E-state index >= 15 is 0 Å². The van der Waals surface area contributed by atoms with Gasteiger partial charge in [0.2, 0.25) is 0 Å². The predicted octanol–water partition coefficient (Wildman–Crippen LogP) is 15.9. The fourth-order valence-electron chi connectivity index (χ4n) is 10.3. The Hall–Kier alpha value is -7.02. The molecule has 0 N–H and O–H groups in total. The lowest BCUT2D eigenvalue weighted by molar-refractivity contribution is 0.661. The summed E-state index contributed by atoms with van der Waals surface area (Å²) < 4.78 is 0. The van der Waals surface area contributed by atoms with Crippen molar-refractivity contribution in [1.29, 1.82) is 0 Å². The minimum Gasteiger partial charge on any atom is -0.0616 e. The van der Waals surface area contributed by atoms with E-state index in [1.54, 1.807) is 0 Å². The van der Waals surface area contributed by atoms with Crippen molar-refractivity contribution in [3.63, 3.8) is 0 Å². The van der Waals surface area contributed by atoms with Crippen LogP contribution in [0.15, 0.2) is 194 Å². The highest BCUT2D eigenvalue weighted by Gasteiger charge is 2.37. The molecule has 57 heavy (non-hydrogen) atoms. The maximum absolute atomic E-state index is 2.42. The van der Waals surface area contributed by atoms with Crippen LogP contribution in [0.1, 0.15) is 25.0 Å². The molecule has 0 saturated heterocycles. The summed E-state index contributed by atoms with van der Waals surface area (Å²) in [5.41, 5.74) is 13.1. The molecule has 0 nitrogen and oxygen atoms in total. The summed E-state index contributed by atoms with van der Waals surface area (Å²) in [6, 6.07) is 72.7. The maximum atomic E-state index is 2.42. The van der Waals surface area contributed by atoms with Crippen LogP contribution in [0.25, 0.3) is 109 Å². The van der Waals surface area contributed by atoms with Crippen LogP contribution in [0.2, 0.25) is 0 Å². The van der Waals surface area contributed by atoms with Gasteiger partial charge in [0, 0.05) is 5.41 Å². The van der Waals surface area contributed by atoms with Gasteiger partial charge in [-0.1, -0.05) is 184 Å². The van der Waals surface area contributed by atoms with Gasteiger partial charge in [0.15, 0.2) is 0 Å². The summed E-state index contributed by atoms with van der Waals surface area (Å²) in [6.45, 7) is 4.75. The van der Waals surface area contributed by atoms with E-state index in [0.29, 0.717) is 0 Å². The summed E-state index contributed by atoms with van der Waals surface area (Å²) >= 11 is 0. The van der Waals surface area contributed by atoms with Gasteiger partial charge in [-0.2, -0.15) is 0 Å². The van der Waals surface area contributed by atoms with Crippen molar-refractivity contribution in [2.45, 2.75) is 19.3 Å². The first kappa shape index (κ1) is 32.2. The van der Waals surface area contributed by atoms with Gasteiger partial charge in [0.1, 0.15) is 0 Å². The van der Waals surface area contributed by atoms with Gasteiger partial charge in [-0.3, -0.25) is 0 Å². The second kappa shape index (κ2) is 12.0. The van der Waals surface area contributed by atoms with Crippen LogP contribution in [0.5, 0.6) is 0 Å². The summed E-state index contributed by atoms with van der Waals surface area (Å²) in [7, 11) is 0. The monoisotopic (exact) mass is 722 g/mol. The van der Waals surface area contributed by atoms with Crippen molar-refractivity contribution >= 4 is 64.6 Å². The third kappa shape index (κ3) is 4.68. The van der Waals surface area contributed by atoms with Crippen molar-refractivity contribution in [2.24, 2.45) is 0 Å². The van der Waals surface area contributed by atoms with E-state index in [9.17, 15) is 0 Å². The molecule has 11 aromatic carbocycles. The molecule has 0 aliphatic heterocycles. The van der Waals surface area contributed by atoms with Crippen LogP contribution in [-0.2, 0) is 5.41 Å². The minimum absolute atomic E-state index is 0.0736. The fourth-order valence-corrected chi connectivity index (χ4v) is 10.3. The lowest BCUT2D eigenvalue weighted by Crippen LogP contribution is -2.14. The molecule has 0 radical (unpaired) electrons. The molecule has 1 aliphatic carbocycles. The Labute approximate surface area is 332 Å². The molecule has 0 saturated carbocycles. The van der Waals surface area contributed by atoms with Crippen LogP contribution in [-0.4, -0.2) is 0 Å². The Morgan fingerprint density at radius 3 is 1.47 bits per heavy atom. The van der Waals surface area contributed by atoms with Crippen molar-refractivity contribution in [3.05, 3.63) is 205 Å². The standard InChI is InChI=1S/C57H38/c1-57(2)52-24-12-21-42(56(52)51-33-39-15-5-6-16-40(39)34-53(51)57)35-25-27-36(28-26-35)54-46-17-7-9-19-48(46)55(49-20-10-8-18-47(49)54)45-23-11-22-43-44(45)30-29-41-31-37-13-3-4-14-38(37)32-50(41)43/h3-34H,1-2H3. The van der Waals surface area contributed by atoms with Crippen molar-refractivity contribution in [2.75, 3.05) is 0 Å². The highest BCUT2D eigenvalue weighted by molar-refractivity contribution is 6.25. The predicted molar refractivity (Wildman–Crippen MR) is 245 cm³/mol. The summed E-state index contributed by atoms with van der Waals surface area (Å²) in [5.74, 6) is 0. The van der Waals surface area contributed by atoms with Crippen LogP contribution in [0.3, 0.4) is 0 Å². The first-order valence-electron chi connectivity index (χ1n) is 20.1. The molecular formula is C57H38. The van der Waals surface area contributed by atoms with E-state index in [1.165, 1.54) is 120 Å². The Balaban J connectivity index is 1.04. The van der Waals surface area contributed by atoms with E-state index in [0.717, 1.165) is 0 Å². The molecule has 1 aliphatic rings. The third-order valence-corrected chi connectivity index (χ3v) is 13.0. The van der Waals surface area contributed by atoms with Crippen LogP contribution >= 0.6 is 0 Å². The van der Waals surface area contributed by atoms with Gasteiger partial charge >= 0.3 is 0 Å². The average molecular weight is 723 g/mol. The van der Waals surface area contributed by atoms with E-state index < -0.39 is 0 Å². The second-order valence-electron chi connectivity index (χ2n) is 16.4. The van der Waals surface area contributed by atoms with Gasteiger partial charge < -0.3 is 0 Å². The molecule has 0 heteroatoms. The lowest BCUT2D eigenvalue weighted by atomic mass is 9.81. The molecule has 11 aromatic rings. The molecule has 0 aromatic heterocycles. The Kier molecular flexibility index (Phi) is 6.78. The molecule has 0 heterocycles. The first-order chi connectivity index (χ1) is 28.0. The van der Waals surface area contributed by atoms with Crippen molar-refractivity contribution in [3.8, 4) is 44.5 Å². The molecule has 0 unspecified atom stereocenters. The Morgan fingerprint density at radius 1 is 0.263 bits per heavy atom. The number of rotatable bonds is 3. The van der Waals surface area contributed by atoms with E-state index in [2.05, 4.69) is 208 Å². The number of benzene rings is 11. The molecule has 0 fully saturated rings. The number of hydrogen-bond donors (Lipinski definition) is 0. The van der Waals surface area contributed by atoms with E-state index in [1.807, 2.05) is 0 Å². The summed E-state index contributed by atoms with van der Waals surface area (Å²) in [5, 5.41) is 15.4. The van der Waals surface area contributed by atoms with Gasteiger partial charge in [0.05, 0.1) is 0 Å². The van der Waals surface area contributed by atoms with Crippen molar-refractivity contribution in [1.82, 2.24) is 0 Å². The largest absolute Gasteiger partial charge is 0.0616 e. The van der Waals surface area contributed by atoms with Gasteiger partial charge in [0.25, 0.3) is 0 Å². The van der Waals surface area contributed by atoms with Crippen LogP contribution in [0, 0.1) is 0 Å². The molecule has 0 amide bonds. The molecule has 266 valence electrons. The molecule has 12 rings (SSSR count). The average Bonchev–Trinajstić information content (AvgIpc) is 3.48. The van der Waals surface area contributed by atoms with Crippen LogP contribution < -0.4 is 0 Å². The van der Waals surface area contributed by atoms with E-state index in [4.69, 9.17) is 0 Å². The Morgan fingerprint density at radius 2 is 0.789 bits per heavy atom. The lowest BCUT2D eigenvalue weighted by Gasteiger charge is -2.22. The normalized spacial score (nSPS) is 13.2. The number of hydrogen-bond acceptors (Lipinski definition) is 0. The molecular weight excluding hydrogens is 685 g/mol. The van der Waals surface area contributed by atoms with Gasteiger partial charge in [-0.25, -0.2) is 0 Å². The SMILES string of the molecule is CC1(C)c2cc3ccccc3cc2-c2c(-c3ccc(-c4c5ccccc5c(-c5cccc6c5ccc5cc7ccccc7cc56)c5ccccc45)cc3)cccc21. The molecule has 0 atom stereocenters. The highest BCUT2D eigenvalue weighted by atomic mass is 14.4. The molecule has 0 bridgehead atoms. The number of fused-ring (bicyclic) bond motifs is 10. The van der Waals surface area contributed by atoms with Gasteiger partial charge in [-0.15, -0.1) is 0 Å². The van der Waals surface area contributed by atoms with Crippen molar-refractivity contribution < 1.29 is 0 Å². The van der Waals surface area contributed by atoms with Crippen LogP contribution in [0.4, 0.5) is 0 Å². The minimum atomic E-state index is -0.0736. The first-order valence-corrected chi connectivity index (χ1v) is 20.1. The quantitative estimate of drug-likeness (QED) is 0.126. The van der Waals surface area contributed by atoms with E-state index in [-0.39, 0.29) is 5.41 Å². The summed E-state index contributed by atoms with van der Waals surface area (Å²) in [4.78, 5) is 0. The highest BCUT2D eigenvalue weighted by Crippen LogP contribution is 2.53. The topological polar surface area (TPSA) is 0 Å². The zero-order valence-electron chi connectivity index (χ0n) is 32.0. The summed E-state index contributed by atoms with van der Waals surface area (Å²) in [6.07, 6.45) is 0. The van der Waals surface area contributed by atoms with Gasteiger partial charge in [-0.05, 0) is 145 Å². The zero-order chi connectivity index (χ0) is 37.8. The maximum Gasteiger partial charge on any atom is 0.0159 e. The second-order valence-corrected chi connectivity index (χ2v) is 16.4. The molecule has 0 spiro atoms. The smallest absolute Gasteiger partial charge is 0.0159 e. The fraction of sp³-hybridized carbons (Fsp3) is 0.0526. The zero-order valence-corrected chi connectivity index (χ0v) is 32.0. The third-order valence-electron chi connectivity index (χ3n) is 13.0. The Bertz CT molecular complexity index is 3410.